The summed E-state index contributed by atoms with van der Waals surface area (Å²) in [5.74, 6) is 0.676. The fourth-order valence-corrected chi connectivity index (χ4v) is 2.67. The maximum atomic E-state index is 12.6. The number of ether oxygens (including phenoxy) is 1. The molecule has 2 aromatic carbocycles. The highest BCUT2D eigenvalue weighted by Crippen LogP contribution is 2.26. The van der Waals surface area contributed by atoms with Crippen LogP contribution in [0.2, 0.25) is 0 Å². The first-order valence-electron chi connectivity index (χ1n) is 7.10. The summed E-state index contributed by atoms with van der Waals surface area (Å²) in [7, 11) is 1.63. The van der Waals surface area contributed by atoms with Gasteiger partial charge in [0, 0.05) is 3.57 Å². The highest BCUT2D eigenvalue weighted by atomic mass is 127. The van der Waals surface area contributed by atoms with Crippen LogP contribution in [0, 0.1) is 3.57 Å². The predicted molar refractivity (Wildman–Crippen MR) is 101 cm³/mol. The first kappa shape index (κ1) is 15.7. The van der Waals surface area contributed by atoms with E-state index in [1.54, 1.807) is 7.11 Å². The van der Waals surface area contributed by atoms with E-state index in [1.165, 1.54) is 5.01 Å². The molecule has 0 bridgehead atoms. The van der Waals surface area contributed by atoms with Crippen molar-refractivity contribution in [2.75, 3.05) is 12.1 Å². The summed E-state index contributed by atoms with van der Waals surface area (Å²) in [4.78, 5) is 12.6. The number of hydrazone groups is 1. The third-order valence-corrected chi connectivity index (χ3v) is 4.28. The van der Waals surface area contributed by atoms with Crippen molar-refractivity contribution >= 4 is 46.0 Å². The topological polar surface area (TPSA) is 41.9 Å². The molecule has 4 nitrogen and oxygen atoms in total. The highest BCUT2D eigenvalue weighted by molar-refractivity contribution is 14.1. The number of carbonyl (C=O) groups is 1. The number of benzene rings is 2. The molecule has 0 atom stereocenters. The second kappa shape index (κ2) is 6.54. The lowest BCUT2D eigenvalue weighted by atomic mass is 10.1. The Balaban J connectivity index is 1.89. The molecule has 116 valence electrons. The highest BCUT2D eigenvalue weighted by Gasteiger charge is 2.28. The molecule has 1 aliphatic heterocycles. The summed E-state index contributed by atoms with van der Waals surface area (Å²) in [5, 5.41) is 5.83. The van der Waals surface area contributed by atoms with Crippen molar-refractivity contribution in [2.24, 2.45) is 5.10 Å². The molecule has 0 aliphatic carbocycles. The number of anilines is 1. The Labute approximate surface area is 148 Å². The van der Waals surface area contributed by atoms with Crippen LogP contribution in [-0.4, -0.2) is 18.7 Å². The molecule has 1 amide bonds. The minimum absolute atomic E-state index is 0.112. The van der Waals surface area contributed by atoms with Crippen molar-refractivity contribution < 1.29 is 9.53 Å². The van der Waals surface area contributed by atoms with Crippen LogP contribution in [0.25, 0.3) is 6.08 Å². The van der Waals surface area contributed by atoms with Crippen molar-refractivity contribution in [3.63, 3.8) is 0 Å². The maximum Gasteiger partial charge on any atom is 0.280 e. The molecular formula is C18H15IN2O2. The lowest BCUT2D eigenvalue weighted by Crippen LogP contribution is -2.21. The van der Waals surface area contributed by atoms with Crippen molar-refractivity contribution in [1.82, 2.24) is 0 Å². The molecule has 0 aromatic heterocycles. The van der Waals surface area contributed by atoms with E-state index >= 15 is 0 Å². The van der Waals surface area contributed by atoms with Gasteiger partial charge in [-0.3, -0.25) is 4.79 Å². The van der Waals surface area contributed by atoms with Gasteiger partial charge in [-0.15, -0.1) is 0 Å². The van der Waals surface area contributed by atoms with Gasteiger partial charge in [-0.25, -0.2) is 0 Å². The Morgan fingerprint density at radius 3 is 2.35 bits per heavy atom. The Hall–Kier alpha value is -2.15. The van der Waals surface area contributed by atoms with E-state index < -0.39 is 0 Å². The molecule has 0 spiro atoms. The smallest absolute Gasteiger partial charge is 0.280 e. The summed E-state index contributed by atoms with van der Waals surface area (Å²) >= 11 is 2.23. The van der Waals surface area contributed by atoms with Crippen molar-refractivity contribution in [2.45, 2.75) is 6.92 Å². The lowest BCUT2D eigenvalue weighted by Gasteiger charge is -2.11. The minimum Gasteiger partial charge on any atom is -0.497 e. The molecule has 0 unspecified atom stereocenters. The van der Waals surface area contributed by atoms with Crippen molar-refractivity contribution in [3.8, 4) is 5.75 Å². The summed E-state index contributed by atoms with van der Waals surface area (Å²) in [6.07, 6.45) is 1.85. The third-order valence-electron chi connectivity index (χ3n) is 3.56. The molecule has 1 heterocycles. The molecule has 0 saturated carbocycles. The molecule has 23 heavy (non-hydrogen) atoms. The molecule has 3 rings (SSSR count). The molecule has 1 aliphatic rings. The van der Waals surface area contributed by atoms with E-state index in [0.29, 0.717) is 11.3 Å². The average Bonchev–Trinajstić information content (AvgIpc) is 2.84. The van der Waals surface area contributed by atoms with E-state index in [4.69, 9.17) is 4.74 Å². The lowest BCUT2D eigenvalue weighted by molar-refractivity contribution is -0.114. The number of halogens is 1. The number of nitrogens with zero attached hydrogens (tertiary/aromatic N) is 2. The molecule has 5 heteroatoms. The number of hydrogen-bond acceptors (Lipinski definition) is 3. The van der Waals surface area contributed by atoms with Gasteiger partial charge in [0.2, 0.25) is 0 Å². The average molecular weight is 418 g/mol. The molecule has 0 N–H and O–H groups in total. The van der Waals surface area contributed by atoms with Crippen LogP contribution >= 0.6 is 22.6 Å². The predicted octanol–water partition coefficient (Wildman–Crippen LogP) is 4.11. The number of rotatable bonds is 3. The summed E-state index contributed by atoms with van der Waals surface area (Å²) in [6, 6.07) is 15.3. The summed E-state index contributed by atoms with van der Waals surface area (Å²) in [6.45, 7) is 1.85. The quantitative estimate of drug-likeness (QED) is 0.557. The number of methoxy groups -OCH3 is 1. The molecule has 0 fully saturated rings. The van der Waals surface area contributed by atoms with Crippen LogP contribution in [0.1, 0.15) is 12.5 Å². The normalized spacial score (nSPS) is 16.0. The summed E-state index contributed by atoms with van der Waals surface area (Å²) < 4.78 is 6.26. The molecule has 2 aromatic rings. The maximum absolute atomic E-state index is 12.6. The fraction of sp³-hybridized carbons (Fsp3) is 0.111. The largest absolute Gasteiger partial charge is 0.497 e. The van der Waals surface area contributed by atoms with Crippen LogP contribution in [0.3, 0.4) is 0 Å². The van der Waals surface area contributed by atoms with Gasteiger partial charge in [0.05, 0.1) is 24.1 Å². The zero-order chi connectivity index (χ0) is 16.4. The van der Waals surface area contributed by atoms with Gasteiger partial charge >= 0.3 is 0 Å². The van der Waals surface area contributed by atoms with Gasteiger partial charge in [0.1, 0.15) is 5.75 Å². The number of hydrogen-bond donors (Lipinski definition) is 0. The number of carbonyl (C=O) groups excluding carboxylic acids is 1. The van der Waals surface area contributed by atoms with E-state index in [9.17, 15) is 4.79 Å². The number of amides is 1. The van der Waals surface area contributed by atoms with Gasteiger partial charge in [-0.1, -0.05) is 12.1 Å². The first-order chi connectivity index (χ1) is 11.1. The van der Waals surface area contributed by atoms with Gasteiger partial charge in [0.15, 0.2) is 0 Å². The van der Waals surface area contributed by atoms with Gasteiger partial charge in [-0.2, -0.15) is 10.1 Å². The fourth-order valence-electron chi connectivity index (χ4n) is 2.31. The Bertz CT molecular complexity index is 793. The van der Waals surface area contributed by atoms with E-state index in [2.05, 4.69) is 27.7 Å². The Kier molecular flexibility index (Phi) is 4.47. The van der Waals surface area contributed by atoms with Gasteiger partial charge in [0.25, 0.3) is 5.91 Å². The summed E-state index contributed by atoms with van der Waals surface area (Å²) in [5.41, 5.74) is 3.03. The molecule has 0 radical (unpaired) electrons. The van der Waals surface area contributed by atoms with Gasteiger partial charge in [-0.05, 0) is 77.6 Å². The first-order valence-corrected chi connectivity index (χ1v) is 8.18. The standard InChI is InChI=1S/C18H15IN2O2/c1-12-17(11-13-3-9-16(23-2)10-4-13)18(22)21(20-12)15-7-5-14(19)6-8-15/h3-11H,1-2H3. The van der Waals surface area contributed by atoms with Crippen LogP contribution in [0.5, 0.6) is 5.75 Å². The zero-order valence-corrected chi connectivity index (χ0v) is 14.9. The van der Waals surface area contributed by atoms with Crippen LogP contribution in [-0.2, 0) is 4.79 Å². The van der Waals surface area contributed by atoms with Crippen LogP contribution in [0.4, 0.5) is 5.69 Å². The van der Waals surface area contributed by atoms with E-state index in [0.717, 1.165) is 20.6 Å². The van der Waals surface area contributed by atoms with Crippen molar-refractivity contribution in [3.05, 3.63) is 63.2 Å². The minimum atomic E-state index is -0.112. The van der Waals surface area contributed by atoms with E-state index in [1.807, 2.05) is 61.5 Å². The second-order valence-corrected chi connectivity index (χ2v) is 6.36. The monoisotopic (exact) mass is 418 g/mol. The SMILES string of the molecule is COc1ccc(C=C2C(=O)N(c3ccc(I)cc3)N=C2C)cc1. The van der Waals surface area contributed by atoms with Crippen molar-refractivity contribution in [1.29, 1.82) is 0 Å². The van der Waals surface area contributed by atoms with Crippen LogP contribution in [0.15, 0.2) is 59.2 Å². The third kappa shape index (κ3) is 3.29. The Morgan fingerprint density at radius 1 is 1.09 bits per heavy atom. The second-order valence-electron chi connectivity index (χ2n) is 5.11. The molecule has 0 saturated heterocycles. The van der Waals surface area contributed by atoms with E-state index in [-0.39, 0.29) is 5.91 Å². The zero-order valence-electron chi connectivity index (χ0n) is 12.8. The van der Waals surface area contributed by atoms with Gasteiger partial charge < -0.3 is 4.74 Å². The molecular weight excluding hydrogens is 403 g/mol. The Morgan fingerprint density at radius 2 is 1.74 bits per heavy atom. The van der Waals surface area contributed by atoms with Crippen LogP contribution < -0.4 is 9.75 Å².